The molecule has 3 aromatic rings. The van der Waals surface area contributed by atoms with Gasteiger partial charge in [0.15, 0.2) is 11.7 Å². The van der Waals surface area contributed by atoms with Gasteiger partial charge in [0, 0.05) is 37.6 Å². The number of nitrogens with zero attached hydrogens (tertiary/aromatic N) is 2. The second kappa shape index (κ2) is 9.31. The van der Waals surface area contributed by atoms with Gasteiger partial charge in [-0.25, -0.2) is 4.98 Å². The second-order valence-electron chi connectivity index (χ2n) is 6.04. The molecule has 1 heterocycles. The molecule has 3 rings (SSSR count). The maximum atomic E-state index is 12.0. The summed E-state index contributed by atoms with van der Waals surface area (Å²) in [4.78, 5) is 26.7. The van der Waals surface area contributed by atoms with Crippen LogP contribution in [0.4, 0.5) is 11.4 Å². The normalized spacial score (nSPS) is 10.4. The Kier molecular flexibility index (Phi) is 6.35. The van der Waals surface area contributed by atoms with Crippen LogP contribution in [0.25, 0.3) is 11.3 Å². The Bertz CT molecular complexity index is 940. The molecule has 0 atom stereocenters. The Balaban J connectivity index is 1.40. The van der Waals surface area contributed by atoms with Crippen LogP contribution in [0.5, 0.6) is 0 Å². The van der Waals surface area contributed by atoms with Gasteiger partial charge in [-0.2, -0.15) is 0 Å². The van der Waals surface area contributed by atoms with E-state index in [9.17, 15) is 14.9 Å². The first-order valence-corrected chi connectivity index (χ1v) is 8.87. The van der Waals surface area contributed by atoms with Gasteiger partial charge in [-0.1, -0.05) is 42.5 Å². The topological polar surface area (TPSA) is 110 Å². The van der Waals surface area contributed by atoms with Gasteiger partial charge in [-0.05, 0) is 6.07 Å². The van der Waals surface area contributed by atoms with E-state index in [1.165, 1.54) is 6.07 Å². The molecule has 0 fully saturated rings. The number of nitro groups is 1. The summed E-state index contributed by atoms with van der Waals surface area (Å²) in [6.07, 6.45) is 2.30. The summed E-state index contributed by atoms with van der Waals surface area (Å²) >= 11 is 0. The van der Waals surface area contributed by atoms with Crippen LogP contribution in [0, 0.1) is 10.1 Å². The number of aryl methyl sites for hydroxylation is 1. The van der Waals surface area contributed by atoms with Crippen molar-refractivity contribution in [3.63, 3.8) is 0 Å². The second-order valence-corrected chi connectivity index (χ2v) is 6.04. The molecule has 28 heavy (non-hydrogen) atoms. The zero-order chi connectivity index (χ0) is 19.8. The first-order valence-electron chi connectivity index (χ1n) is 8.87. The number of oxazole rings is 1. The van der Waals surface area contributed by atoms with Crippen molar-refractivity contribution in [2.45, 2.75) is 12.8 Å². The predicted octanol–water partition coefficient (Wildman–Crippen LogP) is 3.41. The maximum Gasteiger partial charge on any atom is 0.292 e. The van der Waals surface area contributed by atoms with E-state index in [1.807, 2.05) is 30.3 Å². The lowest BCUT2D eigenvalue weighted by molar-refractivity contribution is -0.384. The van der Waals surface area contributed by atoms with Crippen molar-refractivity contribution in [2.24, 2.45) is 0 Å². The molecule has 0 radical (unpaired) electrons. The summed E-state index contributed by atoms with van der Waals surface area (Å²) in [6.45, 7) is 0.736. The molecule has 144 valence electrons. The van der Waals surface area contributed by atoms with Crippen LogP contribution in [-0.4, -0.2) is 28.9 Å². The van der Waals surface area contributed by atoms with Crippen molar-refractivity contribution >= 4 is 17.3 Å². The van der Waals surface area contributed by atoms with E-state index < -0.39 is 4.92 Å². The Morgan fingerprint density at radius 1 is 1.07 bits per heavy atom. The number of para-hydroxylation sites is 2. The number of nitrogens with one attached hydrogen (secondary N) is 2. The summed E-state index contributed by atoms with van der Waals surface area (Å²) in [5, 5.41) is 16.7. The third kappa shape index (κ3) is 5.16. The van der Waals surface area contributed by atoms with E-state index in [1.54, 1.807) is 24.4 Å². The minimum absolute atomic E-state index is 0.00643. The Labute approximate surface area is 161 Å². The molecule has 1 aromatic heterocycles. The molecule has 1 amide bonds. The fourth-order valence-corrected chi connectivity index (χ4v) is 2.65. The highest BCUT2D eigenvalue weighted by Gasteiger charge is 2.12. The van der Waals surface area contributed by atoms with Gasteiger partial charge in [-0.3, -0.25) is 14.9 Å². The van der Waals surface area contributed by atoms with E-state index in [0.717, 1.165) is 5.56 Å². The number of aromatic nitrogens is 1. The van der Waals surface area contributed by atoms with Crippen LogP contribution in [0.1, 0.15) is 12.3 Å². The molecule has 8 heteroatoms. The van der Waals surface area contributed by atoms with Gasteiger partial charge >= 0.3 is 0 Å². The molecular formula is C20H20N4O4. The maximum absolute atomic E-state index is 12.0. The molecule has 2 N–H and O–H groups in total. The lowest BCUT2D eigenvalue weighted by atomic mass is 10.2. The van der Waals surface area contributed by atoms with Crippen LogP contribution in [0.3, 0.4) is 0 Å². The van der Waals surface area contributed by atoms with E-state index in [4.69, 9.17) is 4.42 Å². The molecule has 0 aliphatic heterocycles. The van der Waals surface area contributed by atoms with Crippen molar-refractivity contribution < 1.29 is 14.1 Å². The Morgan fingerprint density at radius 2 is 1.82 bits per heavy atom. The average Bonchev–Trinajstić information content (AvgIpc) is 3.20. The highest BCUT2D eigenvalue weighted by atomic mass is 16.6. The molecule has 0 bridgehead atoms. The zero-order valence-corrected chi connectivity index (χ0v) is 15.1. The van der Waals surface area contributed by atoms with Crippen molar-refractivity contribution in [2.75, 3.05) is 18.4 Å². The average molecular weight is 380 g/mol. The highest BCUT2D eigenvalue weighted by molar-refractivity contribution is 5.76. The highest BCUT2D eigenvalue weighted by Crippen LogP contribution is 2.22. The van der Waals surface area contributed by atoms with Gasteiger partial charge < -0.3 is 15.1 Å². The van der Waals surface area contributed by atoms with E-state index >= 15 is 0 Å². The smallest absolute Gasteiger partial charge is 0.292 e. The molecule has 0 saturated heterocycles. The predicted molar refractivity (Wildman–Crippen MR) is 105 cm³/mol. The number of hydrogen-bond acceptors (Lipinski definition) is 6. The third-order valence-electron chi connectivity index (χ3n) is 4.04. The van der Waals surface area contributed by atoms with Crippen LogP contribution in [0.2, 0.25) is 0 Å². The molecule has 2 aromatic carbocycles. The third-order valence-corrected chi connectivity index (χ3v) is 4.04. The number of hydrogen-bond donors (Lipinski definition) is 2. The van der Waals surface area contributed by atoms with Gasteiger partial charge in [0.25, 0.3) is 5.69 Å². The van der Waals surface area contributed by atoms with Crippen LogP contribution < -0.4 is 10.6 Å². The van der Waals surface area contributed by atoms with Gasteiger partial charge in [-0.15, -0.1) is 0 Å². The lowest BCUT2D eigenvalue weighted by Gasteiger charge is -2.08. The first-order chi connectivity index (χ1) is 13.6. The van der Waals surface area contributed by atoms with Crippen molar-refractivity contribution in [3.8, 4) is 11.3 Å². The van der Waals surface area contributed by atoms with Crippen molar-refractivity contribution in [1.82, 2.24) is 10.3 Å². The summed E-state index contributed by atoms with van der Waals surface area (Å²) < 4.78 is 5.67. The number of carbonyl (C=O) groups is 1. The minimum Gasteiger partial charge on any atom is -0.441 e. The van der Waals surface area contributed by atoms with E-state index in [2.05, 4.69) is 15.6 Å². The number of rotatable bonds is 9. The zero-order valence-electron chi connectivity index (χ0n) is 15.1. The number of nitro benzene ring substituents is 1. The molecule has 0 saturated carbocycles. The molecule has 0 unspecified atom stereocenters. The Hall–Kier alpha value is -3.68. The van der Waals surface area contributed by atoms with Gasteiger partial charge in [0.2, 0.25) is 5.91 Å². The number of amides is 1. The fourth-order valence-electron chi connectivity index (χ4n) is 2.65. The molecule has 0 aliphatic rings. The molecule has 0 aliphatic carbocycles. The molecule has 0 spiro atoms. The number of anilines is 1. The van der Waals surface area contributed by atoms with E-state index in [-0.39, 0.29) is 18.0 Å². The van der Waals surface area contributed by atoms with Crippen LogP contribution >= 0.6 is 0 Å². The largest absolute Gasteiger partial charge is 0.441 e. The quantitative estimate of drug-likeness (QED) is 0.334. The monoisotopic (exact) mass is 380 g/mol. The summed E-state index contributed by atoms with van der Waals surface area (Å²) in [5.74, 6) is 1.04. The van der Waals surface area contributed by atoms with Crippen LogP contribution in [0.15, 0.2) is 65.2 Å². The summed E-state index contributed by atoms with van der Waals surface area (Å²) in [5.41, 5.74) is 1.37. The lowest BCUT2D eigenvalue weighted by Crippen LogP contribution is -2.29. The summed E-state index contributed by atoms with van der Waals surface area (Å²) in [6, 6.07) is 16.0. The van der Waals surface area contributed by atoms with Gasteiger partial charge in [0.1, 0.15) is 5.69 Å². The van der Waals surface area contributed by atoms with Gasteiger partial charge in [0.05, 0.1) is 11.1 Å². The number of benzene rings is 2. The SMILES string of the molecule is O=C(CCc1ncc(-c2ccccc2)o1)NCCNc1ccccc1[N+](=O)[O-]. The Morgan fingerprint density at radius 3 is 2.61 bits per heavy atom. The summed E-state index contributed by atoms with van der Waals surface area (Å²) in [7, 11) is 0. The van der Waals surface area contributed by atoms with Crippen molar-refractivity contribution in [3.05, 3.63) is 76.8 Å². The van der Waals surface area contributed by atoms with Crippen LogP contribution in [-0.2, 0) is 11.2 Å². The fraction of sp³-hybridized carbons (Fsp3) is 0.200. The molecular weight excluding hydrogens is 360 g/mol. The standard InChI is InChI=1S/C20H20N4O4/c25-19(22-13-12-21-16-8-4-5-9-17(16)24(26)27)10-11-20-23-14-18(28-20)15-6-2-1-3-7-15/h1-9,14,21H,10-13H2,(H,22,25). The van der Waals surface area contributed by atoms with Crippen molar-refractivity contribution in [1.29, 1.82) is 0 Å². The first kappa shape index (κ1) is 19.1. The number of carbonyl (C=O) groups excluding carboxylic acids is 1. The minimum atomic E-state index is -0.443. The molecule has 8 nitrogen and oxygen atoms in total. The van der Waals surface area contributed by atoms with E-state index in [0.29, 0.717) is 36.8 Å².